The zero-order valence-electron chi connectivity index (χ0n) is 21.6. The number of carbonyl (C=O) groups excluding carboxylic acids is 1. The van der Waals surface area contributed by atoms with Crippen LogP contribution in [0.15, 0.2) is 57.1 Å². The summed E-state index contributed by atoms with van der Waals surface area (Å²) >= 11 is 0. The highest BCUT2D eigenvalue weighted by Gasteiger charge is 2.64. The number of aromatic nitrogens is 1. The van der Waals surface area contributed by atoms with Gasteiger partial charge in [0, 0.05) is 40.8 Å². The molecular weight excluding hydrogens is 621 g/mol. The third kappa shape index (κ3) is 3.72. The smallest absolute Gasteiger partial charge is 0.426 e. The number of aryl methyl sites for hydroxylation is 1. The van der Waals surface area contributed by atoms with Gasteiger partial charge >= 0.3 is 6.18 Å². The van der Waals surface area contributed by atoms with Crippen LogP contribution >= 0.6 is 0 Å². The summed E-state index contributed by atoms with van der Waals surface area (Å²) in [5.41, 5.74) is -8.54. The van der Waals surface area contributed by atoms with E-state index < -0.39 is 75.7 Å². The highest BCUT2D eigenvalue weighted by atomic mass is 32.2. The van der Waals surface area contributed by atoms with Crippen molar-refractivity contribution in [3.8, 4) is 16.9 Å². The standard InChI is InChI=1S/C26H17F3N2O10S2/c1-31-14-7-6-12(30-13-8-15(41-2)17(43(38,39)40)9-16(13)42(35,36)37)19-20(14)21-18-10(23(19)32)4-3-5-11(18)25(34,26(27,28)29)22(21)24(31)33/h3-9,30,34H,1-2H3,(H,35,36,37)(H,38,39,40). The minimum atomic E-state index is -5.37. The van der Waals surface area contributed by atoms with Crippen molar-refractivity contribution >= 4 is 48.3 Å². The number of aliphatic hydroxyl groups is 1. The summed E-state index contributed by atoms with van der Waals surface area (Å²) in [6, 6.07) is 7.00. The van der Waals surface area contributed by atoms with Gasteiger partial charge in [-0.1, -0.05) is 18.2 Å². The number of hydrogen-bond donors (Lipinski definition) is 4. The van der Waals surface area contributed by atoms with Gasteiger partial charge < -0.3 is 19.7 Å². The average Bonchev–Trinajstić information content (AvgIpc) is 3.19. The first-order valence-electron chi connectivity index (χ1n) is 12.0. The highest BCUT2D eigenvalue weighted by molar-refractivity contribution is 7.86. The van der Waals surface area contributed by atoms with Crippen molar-refractivity contribution in [2.45, 2.75) is 21.6 Å². The van der Waals surface area contributed by atoms with Crippen molar-refractivity contribution in [1.29, 1.82) is 0 Å². The molecule has 6 rings (SSSR count). The molecule has 2 aliphatic carbocycles. The van der Waals surface area contributed by atoms with Crippen LogP contribution in [0.3, 0.4) is 0 Å². The van der Waals surface area contributed by atoms with Crippen molar-refractivity contribution in [3.63, 3.8) is 0 Å². The van der Waals surface area contributed by atoms with E-state index in [1.54, 1.807) is 0 Å². The molecule has 0 saturated carbocycles. The first-order valence-corrected chi connectivity index (χ1v) is 14.8. The fraction of sp³-hybridized carbons (Fsp3) is 0.154. The molecule has 12 nitrogen and oxygen atoms in total. The molecule has 17 heteroatoms. The van der Waals surface area contributed by atoms with E-state index in [-0.39, 0.29) is 38.8 Å². The maximum atomic E-state index is 14.5. The maximum absolute atomic E-state index is 14.5. The number of anilines is 2. The fourth-order valence-corrected chi connectivity index (χ4v) is 7.19. The first-order chi connectivity index (χ1) is 19.8. The quantitative estimate of drug-likeness (QED) is 0.207. The molecule has 224 valence electrons. The van der Waals surface area contributed by atoms with Gasteiger partial charge in [0.2, 0.25) is 5.60 Å². The number of rotatable bonds is 5. The molecule has 1 aromatic heterocycles. The van der Waals surface area contributed by atoms with Gasteiger partial charge in [0.25, 0.3) is 25.8 Å². The number of nitrogens with zero attached hydrogens (tertiary/aromatic N) is 1. The van der Waals surface area contributed by atoms with Crippen LogP contribution in [-0.4, -0.2) is 54.7 Å². The summed E-state index contributed by atoms with van der Waals surface area (Å²) in [6.07, 6.45) is -5.37. The molecule has 0 radical (unpaired) electrons. The largest absolute Gasteiger partial charge is 0.495 e. The SMILES string of the molecule is COc1cc(Nc2ccc3c4c2C(=O)c2cccc5c2-c4c(c(=O)n3C)C5(O)C(F)(F)F)c(S(=O)(=O)O)cc1S(=O)(=O)O. The number of nitrogens with one attached hydrogen (secondary N) is 1. The summed E-state index contributed by atoms with van der Waals surface area (Å²) < 4.78 is 117. The number of methoxy groups -OCH3 is 1. The van der Waals surface area contributed by atoms with E-state index in [9.17, 15) is 53.8 Å². The Balaban J connectivity index is 1.73. The van der Waals surface area contributed by atoms with Crippen LogP contribution in [0.5, 0.6) is 5.75 Å². The van der Waals surface area contributed by atoms with Crippen molar-refractivity contribution in [2.24, 2.45) is 7.05 Å². The fourth-order valence-electron chi connectivity index (χ4n) is 5.79. The van der Waals surface area contributed by atoms with Crippen LogP contribution in [0.4, 0.5) is 24.5 Å². The predicted octanol–water partition coefficient (Wildman–Crippen LogP) is 3.11. The second-order valence-corrected chi connectivity index (χ2v) is 12.6. The minimum Gasteiger partial charge on any atom is -0.495 e. The van der Waals surface area contributed by atoms with E-state index in [0.717, 1.165) is 36.9 Å². The minimum absolute atomic E-state index is 0.0128. The normalized spacial score (nSPS) is 17.4. The first kappa shape index (κ1) is 28.8. The number of ketones is 1. The summed E-state index contributed by atoms with van der Waals surface area (Å²) in [5.74, 6) is -1.41. The second kappa shape index (κ2) is 8.64. The van der Waals surface area contributed by atoms with Gasteiger partial charge in [-0.05, 0) is 18.2 Å². The Morgan fingerprint density at radius 1 is 0.907 bits per heavy atom. The molecular formula is C26H17F3N2O10S2. The van der Waals surface area contributed by atoms with Crippen LogP contribution in [0.25, 0.3) is 22.0 Å². The van der Waals surface area contributed by atoms with E-state index in [2.05, 4.69) is 5.32 Å². The molecule has 0 fully saturated rings. The lowest BCUT2D eigenvalue weighted by atomic mass is 9.83. The van der Waals surface area contributed by atoms with Crippen LogP contribution in [-0.2, 0) is 32.9 Å². The number of ether oxygens (including phenoxy) is 1. The zero-order valence-corrected chi connectivity index (χ0v) is 23.3. The van der Waals surface area contributed by atoms with Crippen molar-refractivity contribution in [1.82, 2.24) is 4.57 Å². The molecule has 43 heavy (non-hydrogen) atoms. The molecule has 1 heterocycles. The molecule has 0 saturated heterocycles. The van der Waals surface area contributed by atoms with Crippen LogP contribution in [0.2, 0.25) is 0 Å². The summed E-state index contributed by atoms with van der Waals surface area (Å²) in [4.78, 5) is 25.2. The van der Waals surface area contributed by atoms with E-state index in [1.807, 2.05) is 0 Å². The number of benzene rings is 3. The summed E-state index contributed by atoms with van der Waals surface area (Å²) in [5, 5.41) is 13.6. The van der Waals surface area contributed by atoms with Crippen molar-refractivity contribution in [2.75, 3.05) is 12.4 Å². The number of halogens is 3. The second-order valence-electron chi connectivity index (χ2n) is 9.84. The summed E-state index contributed by atoms with van der Waals surface area (Å²) in [6.45, 7) is 0. The Morgan fingerprint density at radius 3 is 2.14 bits per heavy atom. The lowest BCUT2D eigenvalue weighted by molar-refractivity contribution is -0.247. The predicted molar refractivity (Wildman–Crippen MR) is 143 cm³/mol. The molecule has 4 N–H and O–H groups in total. The Hall–Kier alpha value is -4.29. The van der Waals surface area contributed by atoms with Gasteiger partial charge in [-0.15, -0.1) is 0 Å². The van der Waals surface area contributed by atoms with Gasteiger partial charge in [-0.2, -0.15) is 30.0 Å². The Morgan fingerprint density at radius 2 is 1.56 bits per heavy atom. The van der Waals surface area contributed by atoms with Crippen LogP contribution in [0.1, 0.15) is 27.0 Å². The maximum Gasteiger partial charge on any atom is 0.426 e. The molecule has 1 atom stereocenters. The molecule has 1 unspecified atom stereocenters. The monoisotopic (exact) mass is 638 g/mol. The third-order valence-electron chi connectivity index (χ3n) is 7.60. The Kier molecular flexibility index (Phi) is 5.79. The molecule has 4 aromatic rings. The van der Waals surface area contributed by atoms with Crippen molar-refractivity contribution in [3.05, 3.63) is 75.1 Å². The average molecular weight is 639 g/mol. The third-order valence-corrected chi connectivity index (χ3v) is 9.37. The summed E-state index contributed by atoms with van der Waals surface area (Å²) in [7, 11) is -8.10. The zero-order chi connectivity index (χ0) is 31.6. The van der Waals surface area contributed by atoms with Crippen LogP contribution < -0.4 is 15.6 Å². The molecule has 0 bridgehead atoms. The molecule has 0 aliphatic heterocycles. The van der Waals surface area contributed by atoms with E-state index >= 15 is 0 Å². The van der Waals surface area contributed by atoms with Gasteiger partial charge in [-0.25, -0.2) is 0 Å². The molecule has 2 aliphatic rings. The van der Waals surface area contributed by atoms with Crippen molar-refractivity contribution < 1.29 is 53.8 Å². The number of alkyl halides is 3. The number of pyridine rings is 1. The van der Waals surface area contributed by atoms with Gasteiger partial charge in [0.05, 0.1) is 35.1 Å². The van der Waals surface area contributed by atoms with E-state index in [4.69, 9.17) is 4.74 Å². The van der Waals surface area contributed by atoms with Gasteiger partial charge in [-0.3, -0.25) is 18.7 Å². The van der Waals surface area contributed by atoms with Gasteiger partial charge in [0.1, 0.15) is 15.5 Å². The van der Waals surface area contributed by atoms with E-state index in [0.29, 0.717) is 6.07 Å². The molecule has 3 aromatic carbocycles. The van der Waals surface area contributed by atoms with E-state index in [1.165, 1.54) is 18.2 Å². The Labute approximate surface area is 239 Å². The molecule has 0 spiro atoms. The lowest BCUT2D eigenvalue weighted by Gasteiger charge is -2.28. The molecule has 0 amide bonds. The lowest BCUT2D eigenvalue weighted by Crippen LogP contribution is -2.46. The number of carbonyl (C=O) groups is 1. The van der Waals surface area contributed by atoms with Gasteiger partial charge in [0.15, 0.2) is 5.78 Å². The topological polar surface area (TPSA) is 189 Å². The van der Waals surface area contributed by atoms with Crippen LogP contribution in [0, 0.1) is 0 Å². The highest BCUT2D eigenvalue weighted by Crippen LogP contribution is 2.59. The Bertz CT molecular complexity index is 2260. The number of hydrogen-bond acceptors (Lipinski definition) is 9.